The highest BCUT2D eigenvalue weighted by Gasteiger charge is 2.21. The van der Waals surface area contributed by atoms with Crippen molar-refractivity contribution < 1.29 is 22.5 Å². The molecule has 0 aromatic heterocycles. The molecule has 0 heterocycles. The average molecular weight is 837 g/mol. The van der Waals surface area contributed by atoms with E-state index in [1.165, 1.54) is 12.1 Å². The molecule has 27 heavy (non-hydrogen) atoms. The minimum Gasteiger partial charge on any atom is -0.744 e. The maximum Gasteiger partial charge on any atom is 0.344 e. The van der Waals surface area contributed by atoms with Gasteiger partial charge in [0.2, 0.25) is 0 Å². The molecule has 0 amide bonds. The van der Waals surface area contributed by atoms with E-state index in [2.05, 4.69) is 90.4 Å². The lowest BCUT2D eigenvalue weighted by atomic mass is 10.0. The van der Waals surface area contributed by atoms with Crippen LogP contribution in [0.5, 0.6) is 5.75 Å². The molecule has 0 aliphatic rings. The van der Waals surface area contributed by atoms with E-state index in [4.69, 9.17) is 4.74 Å². The quantitative estimate of drug-likeness (QED) is 0.0993. The first-order valence-corrected chi connectivity index (χ1v) is 13.2. The summed E-state index contributed by atoms with van der Waals surface area (Å²) in [6, 6.07) is 4.51. The first-order valence-electron chi connectivity index (χ1n) is 7.50. The van der Waals surface area contributed by atoms with Crippen LogP contribution < -0.4 is 4.74 Å². The van der Waals surface area contributed by atoms with Crippen molar-refractivity contribution in [1.82, 2.24) is 0 Å². The molecule has 0 saturated carbocycles. The normalized spacial score (nSPS) is 11.7. The van der Waals surface area contributed by atoms with Gasteiger partial charge in [-0.2, -0.15) is 0 Å². The fraction of sp³-hybridized carbons (Fsp3) is 0.235. The predicted molar refractivity (Wildman–Crippen MR) is 135 cm³/mol. The lowest BCUT2D eigenvalue weighted by Gasteiger charge is -2.19. The van der Waals surface area contributed by atoms with Crippen molar-refractivity contribution in [3.05, 3.63) is 49.2 Å². The molecule has 0 atom stereocenters. The summed E-state index contributed by atoms with van der Waals surface area (Å²) in [5.74, 6) is -0.500. The highest BCUT2D eigenvalue weighted by molar-refractivity contribution is 14.1. The SMILES string of the molecule is Cc1cc(S(=O)(=O)[O-])c(C(C)C)cc1OC(=O)c1cc(I)c(I)c(I)c1I. The summed E-state index contributed by atoms with van der Waals surface area (Å²) in [6.07, 6.45) is 0. The molecule has 2 rings (SSSR count). The Morgan fingerprint density at radius 1 is 1.04 bits per heavy atom. The van der Waals surface area contributed by atoms with E-state index < -0.39 is 16.1 Å². The van der Waals surface area contributed by atoms with Crippen molar-refractivity contribution in [2.75, 3.05) is 0 Å². The Bertz CT molecular complexity index is 1030. The fourth-order valence-corrected chi connectivity index (χ4v) is 6.50. The third-order valence-electron chi connectivity index (χ3n) is 3.72. The number of esters is 1. The third kappa shape index (κ3) is 5.46. The fourth-order valence-electron chi connectivity index (χ4n) is 2.33. The Kier molecular flexibility index (Phi) is 8.24. The van der Waals surface area contributed by atoms with Gasteiger partial charge in [0.25, 0.3) is 0 Å². The van der Waals surface area contributed by atoms with Crippen LogP contribution in [0.3, 0.4) is 0 Å². The summed E-state index contributed by atoms with van der Waals surface area (Å²) in [6.45, 7) is 5.16. The van der Waals surface area contributed by atoms with Gasteiger partial charge in [-0.1, -0.05) is 13.8 Å². The summed E-state index contributed by atoms with van der Waals surface area (Å²) >= 11 is 8.69. The van der Waals surface area contributed by atoms with Gasteiger partial charge in [0.1, 0.15) is 15.9 Å². The molecule has 10 heteroatoms. The standard InChI is InChI=1S/C17H14I4O5S/c1-7(2)9-6-12(8(3)4-13(9)27(23,24)25)26-17(22)10-5-11(18)15(20)16(21)14(10)19/h4-7H,1-3H3,(H,23,24,25)/p-1. The molecule has 146 valence electrons. The van der Waals surface area contributed by atoms with Crippen LogP contribution in [-0.2, 0) is 10.1 Å². The average Bonchev–Trinajstić information content (AvgIpc) is 2.56. The Hall–Kier alpha value is 0.740. The van der Waals surface area contributed by atoms with Crippen molar-refractivity contribution >= 4 is 106 Å². The maximum atomic E-state index is 12.7. The van der Waals surface area contributed by atoms with E-state index in [0.29, 0.717) is 16.7 Å². The second kappa shape index (κ2) is 9.26. The largest absolute Gasteiger partial charge is 0.744 e. The van der Waals surface area contributed by atoms with Gasteiger partial charge in [-0.3, -0.25) is 0 Å². The Morgan fingerprint density at radius 3 is 2.15 bits per heavy atom. The Morgan fingerprint density at radius 2 is 1.63 bits per heavy atom. The molecule has 0 radical (unpaired) electrons. The lowest BCUT2D eigenvalue weighted by Crippen LogP contribution is -2.14. The molecule has 5 nitrogen and oxygen atoms in total. The van der Waals surface area contributed by atoms with Crippen LogP contribution in [-0.4, -0.2) is 18.9 Å². The van der Waals surface area contributed by atoms with Crippen LogP contribution in [0, 0.1) is 21.2 Å². The molecule has 0 spiro atoms. The zero-order valence-electron chi connectivity index (χ0n) is 14.3. The number of hydrogen-bond acceptors (Lipinski definition) is 5. The first kappa shape index (κ1) is 24.0. The van der Waals surface area contributed by atoms with E-state index in [-0.39, 0.29) is 16.6 Å². The molecular formula is C17H13I4O5S-. The number of rotatable bonds is 4. The van der Waals surface area contributed by atoms with Crippen LogP contribution in [0.2, 0.25) is 0 Å². The molecule has 0 unspecified atom stereocenters. The smallest absolute Gasteiger partial charge is 0.344 e. The van der Waals surface area contributed by atoms with E-state index in [0.717, 1.165) is 14.3 Å². The number of carbonyl (C=O) groups is 1. The van der Waals surface area contributed by atoms with Gasteiger partial charge in [-0.05, 0) is 133 Å². The van der Waals surface area contributed by atoms with E-state index in [1.807, 2.05) is 0 Å². The summed E-state index contributed by atoms with van der Waals surface area (Å²) in [5.41, 5.74) is 1.18. The molecule has 2 aromatic rings. The second-order valence-electron chi connectivity index (χ2n) is 6.00. The molecule has 0 fully saturated rings. The minimum atomic E-state index is -4.62. The number of carbonyl (C=O) groups excluding carboxylic acids is 1. The van der Waals surface area contributed by atoms with Gasteiger partial charge < -0.3 is 9.29 Å². The molecular weight excluding hydrogens is 824 g/mol. The second-order valence-corrected chi connectivity index (χ2v) is 11.7. The Labute approximate surface area is 212 Å². The van der Waals surface area contributed by atoms with E-state index >= 15 is 0 Å². The number of aryl methyl sites for hydroxylation is 1. The van der Waals surface area contributed by atoms with Gasteiger partial charge in [-0.15, -0.1) is 0 Å². The highest BCUT2D eigenvalue weighted by Crippen LogP contribution is 2.33. The number of hydrogen-bond donors (Lipinski definition) is 0. The van der Waals surface area contributed by atoms with Crippen LogP contribution in [0.4, 0.5) is 0 Å². The van der Waals surface area contributed by atoms with Crippen molar-refractivity contribution in [1.29, 1.82) is 0 Å². The van der Waals surface area contributed by atoms with Crippen molar-refractivity contribution in [2.24, 2.45) is 0 Å². The van der Waals surface area contributed by atoms with Gasteiger partial charge in [-0.25, -0.2) is 13.2 Å². The zero-order valence-corrected chi connectivity index (χ0v) is 23.7. The van der Waals surface area contributed by atoms with Gasteiger partial charge in [0.05, 0.1) is 10.5 Å². The van der Waals surface area contributed by atoms with Crippen LogP contribution >= 0.6 is 90.4 Å². The maximum absolute atomic E-state index is 12.7. The van der Waals surface area contributed by atoms with Gasteiger partial charge in [0.15, 0.2) is 0 Å². The summed E-state index contributed by atoms with van der Waals surface area (Å²) < 4.78 is 44.0. The van der Waals surface area contributed by atoms with Crippen molar-refractivity contribution in [3.63, 3.8) is 0 Å². The first-order chi connectivity index (χ1) is 12.3. The van der Waals surface area contributed by atoms with Gasteiger partial charge in [0, 0.05) is 14.3 Å². The molecule has 0 saturated heterocycles. The topological polar surface area (TPSA) is 83.5 Å². The number of halogens is 4. The third-order valence-corrected chi connectivity index (χ3v) is 11.9. The number of ether oxygens (including phenoxy) is 1. The molecule has 0 aliphatic carbocycles. The van der Waals surface area contributed by atoms with Crippen LogP contribution in [0.25, 0.3) is 0 Å². The monoisotopic (exact) mass is 837 g/mol. The minimum absolute atomic E-state index is 0.220. The predicted octanol–water partition coefficient (Wildman–Crippen LogP) is 5.66. The van der Waals surface area contributed by atoms with Crippen LogP contribution in [0.15, 0.2) is 23.1 Å². The van der Waals surface area contributed by atoms with Crippen molar-refractivity contribution in [3.8, 4) is 5.75 Å². The summed E-state index contributed by atoms with van der Waals surface area (Å²) in [7, 11) is -4.62. The van der Waals surface area contributed by atoms with Crippen LogP contribution in [0.1, 0.15) is 41.3 Å². The molecule has 2 aromatic carbocycles. The molecule has 0 aliphatic heterocycles. The molecule has 0 bridgehead atoms. The van der Waals surface area contributed by atoms with Crippen molar-refractivity contribution in [2.45, 2.75) is 31.6 Å². The zero-order chi connectivity index (χ0) is 20.7. The Balaban J connectivity index is 2.53. The van der Waals surface area contributed by atoms with Gasteiger partial charge >= 0.3 is 5.97 Å². The van der Waals surface area contributed by atoms with E-state index in [1.54, 1.807) is 26.8 Å². The molecule has 0 N–H and O–H groups in total. The van der Waals surface area contributed by atoms with E-state index in [9.17, 15) is 17.8 Å². The number of benzene rings is 2. The summed E-state index contributed by atoms with van der Waals surface area (Å²) in [5, 5.41) is 0. The lowest BCUT2D eigenvalue weighted by molar-refractivity contribution is 0.0732. The highest BCUT2D eigenvalue weighted by atomic mass is 127. The summed E-state index contributed by atoms with van der Waals surface area (Å²) in [4.78, 5) is 12.5.